The van der Waals surface area contributed by atoms with Crippen LogP contribution in [0, 0.1) is 0 Å². The first-order valence-corrected chi connectivity index (χ1v) is 6.56. The second-order valence-corrected chi connectivity index (χ2v) is 4.34. The van der Waals surface area contributed by atoms with Crippen LogP contribution in [0.1, 0.15) is 7.85 Å². The van der Waals surface area contributed by atoms with Crippen LogP contribution >= 0.6 is 0 Å². The summed E-state index contributed by atoms with van der Waals surface area (Å²) >= 11 is 0. The number of ether oxygens (including phenoxy) is 2. The maximum Gasteiger partial charge on any atom is 1.00 e. The quantitative estimate of drug-likeness (QED) is 0.125. The minimum absolute atomic E-state index is 0. The van der Waals surface area contributed by atoms with Crippen molar-refractivity contribution in [1.82, 2.24) is 0 Å². The van der Waals surface area contributed by atoms with Gasteiger partial charge in [0, 0.05) is 6.08 Å². The van der Waals surface area contributed by atoms with E-state index in [0.29, 0.717) is 0 Å². The number of hydrogen-bond acceptors (Lipinski definition) is 6. The molecule has 0 aromatic rings. The van der Waals surface area contributed by atoms with Gasteiger partial charge >= 0.3 is 35.5 Å². The Bertz CT molecular complexity index is 346. The molecule has 19 heavy (non-hydrogen) atoms. The predicted octanol–water partition coefficient (Wildman–Crippen LogP) is -2.75. The van der Waals surface area contributed by atoms with Crippen molar-refractivity contribution in [3.05, 3.63) is 25.5 Å². The zero-order valence-electron chi connectivity index (χ0n) is 11.9. The monoisotopic (exact) mass is 306 g/mol. The van der Waals surface area contributed by atoms with Crippen molar-refractivity contribution in [3.63, 3.8) is 0 Å². The molecule has 0 aliphatic rings. The predicted molar refractivity (Wildman–Crippen MR) is 66.5 cm³/mol. The van der Waals surface area contributed by atoms with Gasteiger partial charge in [0.2, 0.25) is 0 Å². The van der Waals surface area contributed by atoms with E-state index in [4.69, 9.17) is 9.66 Å². The van der Waals surface area contributed by atoms with Crippen molar-refractivity contribution in [2.24, 2.45) is 0 Å². The molecule has 9 heteroatoms. The first-order valence-electron chi connectivity index (χ1n) is 4.95. The van der Waals surface area contributed by atoms with Crippen molar-refractivity contribution in [3.8, 4) is 0 Å². The summed E-state index contributed by atoms with van der Waals surface area (Å²) in [6, 6.07) is 0. The third-order valence-electron chi connectivity index (χ3n) is 1.28. The van der Waals surface area contributed by atoms with E-state index >= 15 is 0 Å². The molecule has 0 saturated carbocycles. The largest absolute Gasteiger partial charge is 1.00 e. The Morgan fingerprint density at radius 2 is 1.89 bits per heavy atom. The minimum atomic E-state index is -3.82. The molecule has 0 fully saturated rings. The van der Waals surface area contributed by atoms with E-state index in [1.165, 1.54) is 6.26 Å². The minimum Gasteiger partial charge on any atom is -1.00 e. The Kier molecular flexibility index (Phi) is 19.5. The summed E-state index contributed by atoms with van der Waals surface area (Å²) in [5.74, 6) is -0.764. The smallest absolute Gasteiger partial charge is 1.00 e. The van der Waals surface area contributed by atoms with E-state index in [0.717, 1.165) is 6.08 Å². The molecule has 2 N–H and O–H groups in total. The summed E-state index contributed by atoms with van der Waals surface area (Å²) < 4.78 is 37.3. The molecule has 0 atom stereocenters. The fraction of sp³-hybridized carbons (Fsp3) is 0.500. The van der Waals surface area contributed by atoms with Crippen LogP contribution < -0.4 is 29.6 Å². The molecule has 7 nitrogen and oxygen atoms in total. The van der Waals surface area contributed by atoms with E-state index in [1.807, 2.05) is 0 Å². The summed E-state index contributed by atoms with van der Waals surface area (Å²) in [7, 11) is -3.82. The summed E-state index contributed by atoms with van der Waals surface area (Å²) in [6.45, 7) is 6.59. The maximum atomic E-state index is 10.1. The molecule has 0 aromatic heterocycles. The fourth-order valence-electron chi connectivity index (χ4n) is 0.613. The standard InChI is InChI=1S/C5H10O4S.C5H8O3.Na.H/c1-2-9-4-3-5-10(6,7)8;1-2-5(7)8-4-3-6;;/h2H,1,3-5H2,(H,6,7,8);2,6H,1,3-4H2;;/q;;+1;-1. The summed E-state index contributed by atoms with van der Waals surface area (Å²) in [5.41, 5.74) is 0. The normalized spacial score (nSPS) is 9.16. The molecule has 0 aliphatic heterocycles. The van der Waals surface area contributed by atoms with Crippen LogP contribution in [0.3, 0.4) is 0 Å². The van der Waals surface area contributed by atoms with Gasteiger partial charge in [-0.05, 0) is 6.42 Å². The average Bonchev–Trinajstić information content (AvgIpc) is 2.31. The second-order valence-electron chi connectivity index (χ2n) is 2.77. The van der Waals surface area contributed by atoms with Crippen LogP contribution in [0.2, 0.25) is 0 Å². The van der Waals surface area contributed by atoms with Crippen LogP contribution in [0.5, 0.6) is 0 Å². The van der Waals surface area contributed by atoms with Gasteiger partial charge in [-0.3, -0.25) is 4.55 Å². The Morgan fingerprint density at radius 1 is 1.32 bits per heavy atom. The number of carbonyl (C=O) groups is 1. The molecule has 108 valence electrons. The van der Waals surface area contributed by atoms with Gasteiger partial charge in [-0.25, -0.2) is 4.79 Å². The molecule has 0 bridgehead atoms. The molecule has 0 aromatic carbocycles. The number of carbonyl (C=O) groups excluding carboxylic acids is 1. The Hall–Kier alpha value is -0.380. The first kappa shape index (κ1) is 23.7. The third-order valence-corrected chi connectivity index (χ3v) is 2.09. The third kappa shape index (κ3) is 27.0. The molecular weight excluding hydrogens is 287 g/mol. The van der Waals surface area contributed by atoms with Gasteiger partial charge in [0.25, 0.3) is 10.1 Å². The molecule has 0 radical (unpaired) electrons. The molecule has 0 amide bonds. The Balaban J connectivity index is -0.000000119. The topological polar surface area (TPSA) is 110 Å². The maximum absolute atomic E-state index is 10.1. The number of hydrogen-bond donors (Lipinski definition) is 2. The summed E-state index contributed by atoms with van der Waals surface area (Å²) in [4.78, 5) is 10.1. The van der Waals surface area contributed by atoms with E-state index in [9.17, 15) is 13.2 Å². The van der Waals surface area contributed by atoms with Crippen molar-refractivity contribution in [2.45, 2.75) is 6.42 Å². The van der Waals surface area contributed by atoms with Crippen LogP contribution in [-0.2, 0) is 24.4 Å². The first-order chi connectivity index (χ1) is 8.37. The fourth-order valence-corrected chi connectivity index (χ4v) is 1.10. The zero-order valence-corrected chi connectivity index (χ0v) is 13.8. The van der Waals surface area contributed by atoms with Gasteiger partial charge in [-0.15, -0.1) is 0 Å². The molecule has 0 spiro atoms. The second kappa shape index (κ2) is 15.7. The Labute approximate surface area is 136 Å². The van der Waals surface area contributed by atoms with E-state index in [2.05, 4.69) is 22.6 Å². The summed E-state index contributed by atoms with van der Waals surface area (Å²) in [6.07, 6.45) is 2.56. The van der Waals surface area contributed by atoms with Crippen LogP contribution in [-0.4, -0.2) is 49.6 Å². The van der Waals surface area contributed by atoms with Gasteiger partial charge in [-0.2, -0.15) is 8.42 Å². The number of aliphatic hydroxyl groups excluding tert-OH is 1. The van der Waals surface area contributed by atoms with Gasteiger partial charge in [0.05, 0.1) is 25.2 Å². The van der Waals surface area contributed by atoms with Crippen LogP contribution in [0.25, 0.3) is 0 Å². The molecular formula is C10H19NaO7S. The van der Waals surface area contributed by atoms with Gasteiger partial charge in [0.15, 0.2) is 0 Å². The summed E-state index contributed by atoms with van der Waals surface area (Å²) in [5, 5.41) is 8.10. The molecule has 0 heterocycles. The Morgan fingerprint density at radius 3 is 2.26 bits per heavy atom. The van der Waals surface area contributed by atoms with Gasteiger partial charge < -0.3 is 16.0 Å². The molecule has 0 rings (SSSR count). The van der Waals surface area contributed by atoms with Crippen molar-refractivity contribution in [1.29, 1.82) is 0 Å². The van der Waals surface area contributed by atoms with Crippen molar-refractivity contribution in [2.75, 3.05) is 25.6 Å². The van der Waals surface area contributed by atoms with E-state index in [-0.39, 0.29) is 63.0 Å². The van der Waals surface area contributed by atoms with Crippen molar-refractivity contribution < 1.29 is 63.3 Å². The SMILES string of the molecule is C=CC(=O)OCCO.C=COCCCS(=O)(=O)O.[H-].[Na+]. The van der Waals surface area contributed by atoms with Crippen LogP contribution in [0.15, 0.2) is 25.5 Å². The molecule has 0 aliphatic carbocycles. The molecule has 0 unspecified atom stereocenters. The van der Waals surface area contributed by atoms with E-state index < -0.39 is 16.1 Å². The van der Waals surface area contributed by atoms with E-state index in [1.54, 1.807) is 0 Å². The van der Waals surface area contributed by atoms with Gasteiger partial charge in [-0.1, -0.05) is 13.2 Å². The average molecular weight is 306 g/mol. The number of rotatable bonds is 8. The number of aliphatic hydroxyl groups is 1. The molecule has 0 saturated heterocycles. The zero-order chi connectivity index (χ0) is 14.4. The van der Waals surface area contributed by atoms with Crippen molar-refractivity contribution >= 4 is 16.1 Å². The van der Waals surface area contributed by atoms with Gasteiger partial charge in [0.1, 0.15) is 6.61 Å². The number of esters is 1. The van der Waals surface area contributed by atoms with Crippen LogP contribution in [0.4, 0.5) is 0 Å².